The standard InChI is InChI=1S/C21H32N4O4/c1-21(2,3)29-20(27)25-12-8-17(9-13-25)28-16-6-10-24(11-7-16)18-5-4-15(14-23-18)19(22)26/h4-5,14,16-17H,6-13H2,1-3H3,(H2,22,26). The molecule has 160 valence electrons. The topological polar surface area (TPSA) is 98.0 Å². The average molecular weight is 405 g/mol. The highest BCUT2D eigenvalue weighted by atomic mass is 16.6. The Morgan fingerprint density at radius 1 is 1.03 bits per heavy atom. The fourth-order valence-corrected chi connectivity index (χ4v) is 3.71. The number of hydrogen-bond donors (Lipinski definition) is 1. The second-order valence-corrected chi connectivity index (χ2v) is 8.76. The van der Waals surface area contributed by atoms with Gasteiger partial charge >= 0.3 is 6.09 Å². The van der Waals surface area contributed by atoms with E-state index in [4.69, 9.17) is 15.2 Å². The minimum atomic E-state index is -0.465. The summed E-state index contributed by atoms with van der Waals surface area (Å²) in [6, 6.07) is 3.55. The van der Waals surface area contributed by atoms with E-state index in [1.165, 1.54) is 6.20 Å². The highest BCUT2D eigenvalue weighted by Crippen LogP contribution is 2.24. The Morgan fingerprint density at radius 3 is 2.10 bits per heavy atom. The normalized spacial score (nSPS) is 19.3. The van der Waals surface area contributed by atoms with E-state index < -0.39 is 11.5 Å². The molecule has 0 aromatic carbocycles. The van der Waals surface area contributed by atoms with Crippen LogP contribution in [0.3, 0.4) is 0 Å². The predicted octanol–water partition coefficient (Wildman–Crippen LogP) is 2.57. The molecule has 0 radical (unpaired) electrons. The Hall–Kier alpha value is -2.35. The monoisotopic (exact) mass is 404 g/mol. The van der Waals surface area contributed by atoms with E-state index in [1.54, 1.807) is 11.0 Å². The molecule has 2 aliphatic rings. The van der Waals surface area contributed by atoms with E-state index in [0.29, 0.717) is 18.7 Å². The van der Waals surface area contributed by atoms with Gasteiger partial charge in [0.25, 0.3) is 0 Å². The first-order valence-electron chi connectivity index (χ1n) is 10.4. The summed E-state index contributed by atoms with van der Waals surface area (Å²) in [7, 11) is 0. The van der Waals surface area contributed by atoms with Gasteiger partial charge in [-0.05, 0) is 58.6 Å². The number of likely N-dealkylation sites (tertiary alicyclic amines) is 1. The Bertz CT molecular complexity index is 700. The quantitative estimate of drug-likeness (QED) is 0.828. The third-order valence-corrected chi connectivity index (χ3v) is 5.28. The molecule has 0 aliphatic carbocycles. The van der Waals surface area contributed by atoms with Crippen LogP contribution in [0, 0.1) is 0 Å². The van der Waals surface area contributed by atoms with Crippen LogP contribution in [0.2, 0.25) is 0 Å². The number of primary amides is 1. The van der Waals surface area contributed by atoms with Gasteiger partial charge in [0.05, 0.1) is 17.8 Å². The van der Waals surface area contributed by atoms with E-state index in [2.05, 4.69) is 9.88 Å². The highest BCUT2D eigenvalue weighted by Gasteiger charge is 2.29. The first-order chi connectivity index (χ1) is 13.7. The zero-order valence-electron chi connectivity index (χ0n) is 17.6. The van der Waals surface area contributed by atoms with Gasteiger partial charge in [-0.3, -0.25) is 4.79 Å². The lowest BCUT2D eigenvalue weighted by atomic mass is 10.0. The molecule has 8 nitrogen and oxygen atoms in total. The number of carbonyl (C=O) groups is 2. The molecule has 2 N–H and O–H groups in total. The lowest BCUT2D eigenvalue weighted by Crippen LogP contribution is -2.45. The molecule has 2 fully saturated rings. The SMILES string of the molecule is CC(C)(C)OC(=O)N1CCC(OC2CCN(c3ccc(C(N)=O)cn3)CC2)CC1. The average Bonchev–Trinajstić information content (AvgIpc) is 2.68. The Kier molecular flexibility index (Phi) is 6.62. The fraction of sp³-hybridized carbons (Fsp3) is 0.667. The van der Waals surface area contributed by atoms with Gasteiger partial charge in [-0.1, -0.05) is 0 Å². The minimum absolute atomic E-state index is 0.193. The van der Waals surface area contributed by atoms with Crippen molar-refractivity contribution in [2.45, 2.75) is 64.3 Å². The molecule has 3 heterocycles. The molecule has 0 saturated carbocycles. The number of aromatic nitrogens is 1. The van der Waals surface area contributed by atoms with Gasteiger partial charge < -0.3 is 25.0 Å². The molecule has 2 aliphatic heterocycles. The molecule has 0 unspecified atom stereocenters. The molecular formula is C21H32N4O4. The summed E-state index contributed by atoms with van der Waals surface area (Å²) >= 11 is 0. The van der Waals surface area contributed by atoms with Crippen molar-refractivity contribution in [3.63, 3.8) is 0 Å². The van der Waals surface area contributed by atoms with Gasteiger partial charge in [0.2, 0.25) is 5.91 Å². The second kappa shape index (κ2) is 8.98. The van der Waals surface area contributed by atoms with Crippen molar-refractivity contribution in [3.8, 4) is 0 Å². The summed E-state index contributed by atoms with van der Waals surface area (Å²) in [5.74, 6) is 0.396. The van der Waals surface area contributed by atoms with Crippen molar-refractivity contribution >= 4 is 17.8 Å². The summed E-state index contributed by atoms with van der Waals surface area (Å²) in [6.07, 6.45) is 5.27. The molecule has 2 saturated heterocycles. The van der Waals surface area contributed by atoms with Crippen LogP contribution in [-0.4, -0.2) is 65.9 Å². The number of rotatable bonds is 4. The maximum Gasteiger partial charge on any atom is 0.410 e. The fourth-order valence-electron chi connectivity index (χ4n) is 3.71. The largest absolute Gasteiger partial charge is 0.444 e. The van der Waals surface area contributed by atoms with Gasteiger partial charge in [-0.2, -0.15) is 0 Å². The minimum Gasteiger partial charge on any atom is -0.444 e. The lowest BCUT2D eigenvalue weighted by molar-refractivity contribution is -0.0536. The van der Waals surface area contributed by atoms with Crippen LogP contribution < -0.4 is 10.6 Å². The van der Waals surface area contributed by atoms with Crippen molar-refractivity contribution < 1.29 is 19.1 Å². The van der Waals surface area contributed by atoms with Gasteiger partial charge in [-0.25, -0.2) is 9.78 Å². The number of hydrogen-bond acceptors (Lipinski definition) is 6. The molecule has 3 rings (SSSR count). The number of nitrogens with two attached hydrogens (primary N) is 1. The van der Waals surface area contributed by atoms with Crippen LogP contribution in [0.25, 0.3) is 0 Å². The molecule has 0 atom stereocenters. The number of carbonyl (C=O) groups excluding carboxylic acids is 2. The Labute approximate surface area is 172 Å². The van der Waals surface area contributed by atoms with E-state index in [1.807, 2.05) is 26.8 Å². The van der Waals surface area contributed by atoms with E-state index >= 15 is 0 Å². The maximum atomic E-state index is 12.2. The summed E-state index contributed by atoms with van der Waals surface area (Å²) in [5.41, 5.74) is 5.22. The first kappa shape index (κ1) is 21.4. The van der Waals surface area contributed by atoms with Crippen LogP contribution in [0.5, 0.6) is 0 Å². The third kappa shape index (κ3) is 6.06. The van der Waals surface area contributed by atoms with Gasteiger partial charge in [-0.15, -0.1) is 0 Å². The number of ether oxygens (including phenoxy) is 2. The summed E-state index contributed by atoms with van der Waals surface area (Å²) in [5, 5.41) is 0. The summed E-state index contributed by atoms with van der Waals surface area (Å²) in [4.78, 5) is 31.7. The maximum absolute atomic E-state index is 12.2. The molecule has 1 aromatic heterocycles. The number of piperidine rings is 2. The molecule has 29 heavy (non-hydrogen) atoms. The van der Waals surface area contributed by atoms with Gasteiger partial charge in [0.15, 0.2) is 0 Å². The third-order valence-electron chi connectivity index (χ3n) is 5.28. The molecular weight excluding hydrogens is 372 g/mol. The van der Waals surface area contributed by atoms with E-state index in [-0.39, 0.29) is 18.3 Å². The van der Waals surface area contributed by atoms with Crippen LogP contribution >= 0.6 is 0 Å². The number of amides is 2. The van der Waals surface area contributed by atoms with Crippen LogP contribution in [0.15, 0.2) is 18.3 Å². The zero-order valence-corrected chi connectivity index (χ0v) is 17.6. The second-order valence-electron chi connectivity index (χ2n) is 8.76. The van der Waals surface area contributed by atoms with Crippen molar-refractivity contribution in [1.82, 2.24) is 9.88 Å². The van der Waals surface area contributed by atoms with Crippen molar-refractivity contribution in [3.05, 3.63) is 23.9 Å². The summed E-state index contributed by atoms with van der Waals surface area (Å²) in [6.45, 7) is 8.73. The number of anilines is 1. The van der Waals surface area contributed by atoms with Gasteiger partial charge in [0, 0.05) is 32.4 Å². The zero-order chi connectivity index (χ0) is 21.0. The van der Waals surface area contributed by atoms with Crippen molar-refractivity contribution in [2.75, 3.05) is 31.1 Å². The Morgan fingerprint density at radius 2 is 1.62 bits per heavy atom. The van der Waals surface area contributed by atoms with Gasteiger partial charge in [0.1, 0.15) is 11.4 Å². The molecule has 8 heteroatoms. The predicted molar refractivity (Wildman–Crippen MR) is 110 cm³/mol. The summed E-state index contributed by atoms with van der Waals surface area (Å²) < 4.78 is 11.8. The molecule has 2 amide bonds. The van der Waals surface area contributed by atoms with Crippen LogP contribution in [0.1, 0.15) is 56.8 Å². The smallest absolute Gasteiger partial charge is 0.410 e. The number of nitrogens with zero attached hydrogens (tertiary/aromatic N) is 3. The Balaban J connectivity index is 1.40. The lowest BCUT2D eigenvalue weighted by Gasteiger charge is -2.37. The molecule has 0 spiro atoms. The van der Waals surface area contributed by atoms with Crippen LogP contribution in [0.4, 0.5) is 10.6 Å². The van der Waals surface area contributed by atoms with E-state index in [9.17, 15) is 9.59 Å². The molecule has 1 aromatic rings. The van der Waals surface area contributed by atoms with Crippen LogP contribution in [-0.2, 0) is 9.47 Å². The van der Waals surface area contributed by atoms with Crippen molar-refractivity contribution in [1.29, 1.82) is 0 Å². The number of pyridine rings is 1. The molecule has 0 bridgehead atoms. The van der Waals surface area contributed by atoms with Crippen molar-refractivity contribution in [2.24, 2.45) is 5.73 Å². The highest BCUT2D eigenvalue weighted by molar-refractivity contribution is 5.92. The first-order valence-corrected chi connectivity index (χ1v) is 10.4. The van der Waals surface area contributed by atoms with E-state index in [0.717, 1.165) is 44.6 Å².